The molecule has 0 aliphatic rings. The van der Waals surface area contributed by atoms with Crippen LogP contribution >= 0.6 is 0 Å². The van der Waals surface area contributed by atoms with Gasteiger partial charge in [-0.05, 0) is 18.6 Å². The Hall–Kier alpha value is -2.43. The number of carbonyl (C=O) groups is 1. The van der Waals surface area contributed by atoms with Crippen molar-refractivity contribution >= 4 is 5.91 Å². The summed E-state index contributed by atoms with van der Waals surface area (Å²) in [6.45, 7) is 1.88. The van der Waals surface area contributed by atoms with Crippen LogP contribution in [0.15, 0.2) is 49.1 Å². The molecule has 18 heavy (non-hydrogen) atoms. The highest BCUT2D eigenvalue weighted by atomic mass is 16.5. The fourth-order valence-electron chi connectivity index (χ4n) is 1.56. The Balaban J connectivity index is 2.06. The summed E-state index contributed by atoms with van der Waals surface area (Å²) < 4.78 is 0.640. The van der Waals surface area contributed by atoms with Crippen molar-refractivity contribution in [2.24, 2.45) is 0 Å². The van der Waals surface area contributed by atoms with E-state index in [4.69, 9.17) is 0 Å². The number of pyridine rings is 2. The quantitative estimate of drug-likeness (QED) is 0.650. The van der Waals surface area contributed by atoms with Gasteiger partial charge in [0, 0.05) is 24.5 Å². The second kappa shape index (κ2) is 5.27. The van der Waals surface area contributed by atoms with Gasteiger partial charge in [0.2, 0.25) is 0 Å². The third kappa shape index (κ3) is 2.82. The molecular formula is C13H13N3O2. The molecule has 1 N–H and O–H groups in total. The topological polar surface area (TPSA) is 68.9 Å². The number of amides is 1. The smallest absolute Gasteiger partial charge is 0.252 e. The molecule has 0 aliphatic heterocycles. The van der Waals surface area contributed by atoms with Crippen LogP contribution in [0.25, 0.3) is 0 Å². The van der Waals surface area contributed by atoms with Crippen molar-refractivity contribution in [3.63, 3.8) is 0 Å². The lowest BCUT2D eigenvalue weighted by molar-refractivity contribution is -0.605. The summed E-state index contributed by atoms with van der Waals surface area (Å²) in [6.07, 6.45) is 5.98. The van der Waals surface area contributed by atoms with Crippen molar-refractivity contribution in [3.8, 4) is 0 Å². The predicted octanol–water partition coefficient (Wildman–Crippen LogP) is 1.21. The highest BCUT2D eigenvalue weighted by molar-refractivity contribution is 5.94. The molecule has 0 spiro atoms. The molecule has 92 valence electrons. The van der Waals surface area contributed by atoms with Gasteiger partial charge in [0.15, 0.2) is 12.4 Å². The first kappa shape index (κ1) is 12.0. The van der Waals surface area contributed by atoms with E-state index < -0.39 is 0 Å². The van der Waals surface area contributed by atoms with E-state index in [1.165, 1.54) is 24.5 Å². The minimum atomic E-state index is -0.216. The molecule has 2 rings (SSSR count). The third-order valence-corrected chi connectivity index (χ3v) is 2.60. The van der Waals surface area contributed by atoms with Crippen LogP contribution in [0.3, 0.4) is 0 Å². The van der Waals surface area contributed by atoms with E-state index in [-0.39, 0.29) is 11.9 Å². The van der Waals surface area contributed by atoms with Gasteiger partial charge in [-0.1, -0.05) is 6.07 Å². The summed E-state index contributed by atoms with van der Waals surface area (Å²) in [6, 6.07) is 6.55. The normalized spacial score (nSPS) is 11.8. The monoisotopic (exact) mass is 243 g/mol. The highest BCUT2D eigenvalue weighted by Crippen LogP contribution is 2.10. The van der Waals surface area contributed by atoms with Crippen molar-refractivity contribution < 1.29 is 9.52 Å². The highest BCUT2D eigenvalue weighted by Gasteiger charge is 2.11. The zero-order valence-electron chi connectivity index (χ0n) is 9.91. The first-order valence-electron chi connectivity index (χ1n) is 5.56. The first-order valence-corrected chi connectivity index (χ1v) is 5.56. The van der Waals surface area contributed by atoms with Crippen molar-refractivity contribution in [1.29, 1.82) is 0 Å². The van der Waals surface area contributed by atoms with Gasteiger partial charge in [-0.25, -0.2) is 0 Å². The molecule has 5 nitrogen and oxygen atoms in total. The van der Waals surface area contributed by atoms with Crippen LogP contribution in [-0.2, 0) is 0 Å². The van der Waals surface area contributed by atoms with E-state index in [1.807, 2.05) is 19.1 Å². The largest absolute Gasteiger partial charge is 0.619 e. The Morgan fingerprint density at radius 1 is 1.39 bits per heavy atom. The number of aromatic nitrogens is 2. The maximum absolute atomic E-state index is 11.9. The number of nitrogens with zero attached hydrogens (tertiary/aromatic N) is 2. The third-order valence-electron chi connectivity index (χ3n) is 2.60. The van der Waals surface area contributed by atoms with Crippen molar-refractivity contribution in [1.82, 2.24) is 10.3 Å². The van der Waals surface area contributed by atoms with Crippen molar-refractivity contribution in [2.75, 3.05) is 0 Å². The number of rotatable bonds is 3. The zero-order chi connectivity index (χ0) is 13.0. The first-order chi connectivity index (χ1) is 8.66. The van der Waals surface area contributed by atoms with Crippen molar-refractivity contribution in [3.05, 3.63) is 65.4 Å². The Kier molecular flexibility index (Phi) is 3.52. The van der Waals surface area contributed by atoms with Crippen LogP contribution in [0.5, 0.6) is 0 Å². The van der Waals surface area contributed by atoms with Gasteiger partial charge >= 0.3 is 0 Å². The van der Waals surface area contributed by atoms with E-state index in [1.54, 1.807) is 12.4 Å². The molecular weight excluding hydrogens is 230 g/mol. The molecule has 0 saturated heterocycles. The lowest BCUT2D eigenvalue weighted by Gasteiger charge is -2.13. The number of nitrogens with one attached hydrogen (secondary N) is 1. The van der Waals surface area contributed by atoms with E-state index in [0.717, 1.165) is 5.56 Å². The maximum Gasteiger partial charge on any atom is 0.252 e. The average molecular weight is 243 g/mol. The molecule has 2 heterocycles. The fraction of sp³-hybridized carbons (Fsp3) is 0.154. The van der Waals surface area contributed by atoms with Gasteiger partial charge < -0.3 is 10.5 Å². The lowest BCUT2D eigenvalue weighted by Crippen LogP contribution is -2.29. The van der Waals surface area contributed by atoms with Gasteiger partial charge in [0.05, 0.1) is 11.6 Å². The van der Waals surface area contributed by atoms with Gasteiger partial charge in [-0.15, -0.1) is 0 Å². The Morgan fingerprint density at radius 3 is 2.72 bits per heavy atom. The van der Waals surface area contributed by atoms with Crippen LogP contribution in [0.1, 0.15) is 28.9 Å². The summed E-state index contributed by atoms with van der Waals surface area (Å²) in [5.41, 5.74) is 1.39. The van der Waals surface area contributed by atoms with Crippen LogP contribution in [-0.4, -0.2) is 10.9 Å². The van der Waals surface area contributed by atoms with Crippen molar-refractivity contribution in [2.45, 2.75) is 13.0 Å². The van der Waals surface area contributed by atoms with Crippen LogP contribution < -0.4 is 10.0 Å². The van der Waals surface area contributed by atoms with Gasteiger partial charge in [0.1, 0.15) is 0 Å². The molecule has 1 unspecified atom stereocenters. The molecule has 0 aromatic carbocycles. The summed E-state index contributed by atoms with van der Waals surface area (Å²) in [7, 11) is 0. The minimum absolute atomic E-state index is 0.134. The SMILES string of the molecule is CC(NC(=O)c1cc[n+]([O-])cc1)c1cccnc1. The van der Waals surface area contributed by atoms with E-state index >= 15 is 0 Å². The molecule has 2 aromatic heterocycles. The van der Waals surface area contributed by atoms with Gasteiger partial charge in [-0.2, -0.15) is 4.73 Å². The second-order valence-corrected chi connectivity index (χ2v) is 3.93. The summed E-state index contributed by atoms with van der Waals surface area (Å²) >= 11 is 0. The predicted molar refractivity (Wildman–Crippen MR) is 65.5 cm³/mol. The fourth-order valence-corrected chi connectivity index (χ4v) is 1.56. The maximum atomic E-state index is 11.9. The van der Waals surface area contributed by atoms with Crippen LogP contribution in [0.4, 0.5) is 0 Å². The van der Waals surface area contributed by atoms with E-state index in [0.29, 0.717) is 10.3 Å². The Morgan fingerprint density at radius 2 is 2.11 bits per heavy atom. The Bertz CT molecular complexity index is 526. The molecule has 0 aliphatic carbocycles. The standard InChI is InChI=1S/C13H13N3O2/c1-10(12-3-2-6-14-9-12)15-13(17)11-4-7-16(18)8-5-11/h2-10H,1H3,(H,15,17). The van der Waals surface area contributed by atoms with E-state index in [2.05, 4.69) is 10.3 Å². The summed E-state index contributed by atoms with van der Waals surface area (Å²) in [5, 5.41) is 13.7. The molecule has 0 bridgehead atoms. The molecule has 2 aromatic rings. The lowest BCUT2D eigenvalue weighted by atomic mass is 10.1. The van der Waals surface area contributed by atoms with Gasteiger partial charge in [-0.3, -0.25) is 9.78 Å². The molecule has 1 amide bonds. The zero-order valence-corrected chi connectivity index (χ0v) is 9.91. The molecule has 1 atom stereocenters. The van der Waals surface area contributed by atoms with Gasteiger partial charge in [0.25, 0.3) is 5.91 Å². The summed E-state index contributed by atoms with van der Waals surface area (Å²) in [5.74, 6) is -0.216. The van der Waals surface area contributed by atoms with E-state index in [9.17, 15) is 10.0 Å². The van der Waals surface area contributed by atoms with Crippen LogP contribution in [0, 0.1) is 5.21 Å². The van der Waals surface area contributed by atoms with Crippen LogP contribution in [0.2, 0.25) is 0 Å². The molecule has 0 saturated carbocycles. The average Bonchev–Trinajstić information content (AvgIpc) is 2.40. The number of carbonyl (C=O) groups excluding carboxylic acids is 1. The second-order valence-electron chi connectivity index (χ2n) is 3.93. The molecule has 0 fully saturated rings. The molecule has 5 heteroatoms. The number of hydrogen-bond donors (Lipinski definition) is 1. The molecule has 0 radical (unpaired) electrons. The minimum Gasteiger partial charge on any atom is -0.619 e. The summed E-state index contributed by atoms with van der Waals surface area (Å²) in [4.78, 5) is 15.9. The Labute approximate surface area is 105 Å². The number of hydrogen-bond acceptors (Lipinski definition) is 3.